The number of hydrogen-bond donors (Lipinski definition) is 2. The van der Waals surface area contributed by atoms with Gasteiger partial charge in [0.15, 0.2) is 5.96 Å². The molecule has 0 aliphatic carbocycles. The molecule has 0 saturated carbocycles. The van der Waals surface area contributed by atoms with E-state index in [9.17, 15) is 4.79 Å². The number of benzene rings is 2. The summed E-state index contributed by atoms with van der Waals surface area (Å²) in [6.45, 7) is 9.99. The van der Waals surface area contributed by atoms with Crippen LogP contribution in [-0.2, 0) is 24.4 Å². The fourth-order valence-electron chi connectivity index (χ4n) is 3.67. The lowest BCUT2D eigenvalue weighted by Crippen LogP contribution is -2.37. The van der Waals surface area contributed by atoms with Gasteiger partial charge in [0.25, 0.3) is 0 Å². The molecule has 0 atom stereocenters. The van der Waals surface area contributed by atoms with Crippen molar-refractivity contribution >= 4 is 11.9 Å². The highest BCUT2D eigenvalue weighted by Crippen LogP contribution is 2.18. The number of carbonyl (C=O) groups excluding carboxylic acids is 1. The average molecular weight is 393 g/mol. The Hall–Kier alpha value is -2.82. The molecule has 1 fully saturated rings. The Morgan fingerprint density at radius 3 is 2.55 bits per heavy atom. The third-order valence-electron chi connectivity index (χ3n) is 5.35. The fourth-order valence-corrected chi connectivity index (χ4v) is 3.67. The number of hydrogen-bond acceptors (Lipinski definition) is 2. The predicted molar refractivity (Wildman–Crippen MR) is 119 cm³/mol. The van der Waals surface area contributed by atoms with Crippen LogP contribution >= 0.6 is 0 Å². The highest BCUT2D eigenvalue weighted by atomic mass is 16.2. The van der Waals surface area contributed by atoms with Crippen molar-refractivity contribution < 1.29 is 4.79 Å². The van der Waals surface area contributed by atoms with Gasteiger partial charge in [-0.15, -0.1) is 0 Å². The molecule has 0 unspecified atom stereocenters. The van der Waals surface area contributed by atoms with Crippen molar-refractivity contribution in [2.45, 2.75) is 53.2 Å². The van der Waals surface area contributed by atoms with E-state index in [-0.39, 0.29) is 5.91 Å². The van der Waals surface area contributed by atoms with E-state index in [1.165, 1.54) is 22.3 Å². The average Bonchev–Trinajstić information content (AvgIpc) is 3.11. The minimum atomic E-state index is 0.256. The Morgan fingerprint density at radius 2 is 1.86 bits per heavy atom. The fraction of sp³-hybridized carbons (Fsp3) is 0.417. The first-order chi connectivity index (χ1) is 14.1. The minimum Gasteiger partial charge on any atom is -0.357 e. The molecular formula is C24H32N4O. The van der Waals surface area contributed by atoms with Crippen LogP contribution in [0.2, 0.25) is 0 Å². The summed E-state index contributed by atoms with van der Waals surface area (Å²) in [6, 6.07) is 14.8. The summed E-state index contributed by atoms with van der Waals surface area (Å²) in [5.74, 6) is 1.06. The number of rotatable bonds is 7. The molecule has 1 aliphatic heterocycles. The molecule has 1 aliphatic rings. The van der Waals surface area contributed by atoms with E-state index in [0.717, 1.165) is 37.6 Å². The first-order valence-electron chi connectivity index (χ1n) is 10.5. The van der Waals surface area contributed by atoms with Gasteiger partial charge >= 0.3 is 0 Å². The maximum absolute atomic E-state index is 12.0. The van der Waals surface area contributed by atoms with Crippen LogP contribution in [0.5, 0.6) is 0 Å². The van der Waals surface area contributed by atoms with Crippen LogP contribution in [0.4, 0.5) is 0 Å². The molecule has 1 amide bonds. The van der Waals surface area contributed by atoms with E-state index in [2.05, 4.69) is 61.7 Å². The largest absolute Gasteiger partial charge is 0.357 e. The Bertz CT molecular complexity index is 875. The Morgan fingerprint density at radius 1 is 1.07 bits per heavy atom. The first kappa shape index (κ1) is 20.9. The lowest BCUT2D eigenvalue weighted by molar-refractivity contribution is -0.128. The number of carbonyl (C=O) groups is 1. The van der Waals surface area contributed by atoms with Crippen LogP contribution in [0.25, 0.3) is 0 Å². The van der Waals surface area contributed by atoms with Crippen LogP contribution in [0.15, 0.2) is 47.5 Å². The van der Waals surface area contributed by atoms with Gasteiger partial charge in [-0.05, 0) is 49.4 Å². The van der Waals surface area contributed by atoms with Crippen molar-refractivity contribution in [2.24, 2.45) is 4.99 Å². The van der Waals surface area contributed by atoms with Gasteiger partial charge in [-0.2, -0.15) is 0 Å². The molecule has 2 aromatic carbocycles. The van der Waals surface area contributed by atoms with E-state index < -0.39 is 0 Å². The molecule has 0 aromatic heterocycles. The lowest BCUT2D eigenvalue weighted by Gasteiger charge is -2.18. The van der Waals surface area contributed by atoms with E-state index >= 15 is 0 Å². The summed E-state index contributed by atoms with van der Waals surface area (Å²) in [4.78, 5) is 18.7. The zero-order valence-electron chi connectivity index (χ0n) is 17.8. The number of aliphatic imine (C=N–C) groups is 1. The van der Waals surface area contributed by atoms with E-state index in [0.29, 0.717) is 19.5 Å². The second-order valence-corrected chi connectivity index (χ2v) is 7.67. The normalized spacial score (nSPS) is 14.4. The van der Waals surface area contributed by atoms with Gasteiger partial charge in [0.1, 0.15) is 0 Å². The quantitative estimate of drug-likeness (QED) is 0.558. The summed E-state index contributed by atoms with van der Waals surface area (Å²) in [6.07, 6.45) is 1.64. The lowest BCUT2D eigenvalue weighted by atomic mass is 10.1. The third-order valence-corrected chi connectivity index (χ3v) is 5.35. The molecule has 0 bridgehead atoms. The summed E-state index contributed by atoms with van der Waals surface area (Å²) >= 11 is 0. The van der Waals surface area contributed by atoms with Gasteiger partial charge in [-0.3, -0.25) is 4.79 Å². The van der Waals surface area contributed by atoms with Crippen LogP contribution in [-0.4, -0.2) is 29.9 Å². The monoisotopic (exact) mass is 392 g/mol. The maximum Gasteiger partial charge on any atom is 0.222 e. The number of likely N-dealkylation sites (tertiary alicyclic amines) is 1. The summed E-state index contributed by atoms with van der Waals surface area (Å²) in [5, 5.41) is 6.77. The Labute approximate surface area is 174 Å². The number of amides is 1. The molecule has 1 saturated heterocycles. The van der Waals surface area contributed by atoms with Crippen molar-refractivity contribution in [3.8, 4) is 0 Å². The molecule has 0 radical (unpaired) electrons. The van der Waals surface area contributed by atoms with Crippen LogP contribution < -0.4 is 10.6 Å². The van der Waals surface area contributed by atoms with E-state index in [1.54, 1.807) is 0 Å². The number of guanidine groups is 1. The summed E-state index contributed by atoms with van der Waals surface area (Å²) in [7, 11) is 0. The molecule has 3 rings (SSSR count). The number of nitrogens with zero attached hydrogens (tertiary/aromatic N) is 2. The third kappa shape index (κ3) is 5.83. The zero-order chi connectivity index (χ0) is 20.6. The van der Waals surface area contributed by atoms with Crippen molar-refractivity contribution in [3.05, 3.63) is 70.3 Å². The highest BCUT2D eigenvalue weighted by molar-refractivity contribution is 5.80. The maximum atomic E-state index is 12.0. The van der Waals surface area contributed by atoms with Gasteiger partial charge in [0.05, 0.1) is 6.54 Å². The second-order valence-electron chi connectivity index (χ2n) is 7.67. The molecule has 154 valence electrons. The minimum absolute atomic E-state index is 0.256. The van der Waals surface area contributed by atoms with E-state index in [1.807, 2.05) is 17.0 Å². The van der Waals surface area contributed by atoms with Crippen LogP contribution in [0.3, 0.4) is 0 Å². The van der Waals surface area contributed by atoms with Crippen LogP contribution in [0.1, 0.15) is 47.6 Å². The van der Waals surface area contributed by atoms with Gasteiger partial charge < -0.3 is 15.5 Å². The van der Waals surface area contributed by atoms with Gasteiger partial charge in [-0.25, -0.2) is 4.99 Å². The Balaban J connectivity index is 1.67. The predicted octanol–water partition coefficient (Wildman–Crippen LogP) is 3.68. The SMILES string of the molecule is CCNC(=NCc1ccccc1CN1CCCC1=O)NCc1ccc(C)cc1C. The second kappa shape index (κ2) is 10.1. The standard InChI is InChI=1S/C24H32N4O/c1-4-25-24(26-15-20-12-11-18(2)14-19(20)3)27-16-21-8-5-6-9-22(21)17-28-13-7-10-23(28)29/h5-6,8-9,11-12,14H,4,7,10,13,15-17H2,1-3H3,(H2,25,26,27). The molecule has 29 heavy (non-hydrogen) atoms. The molecule has 5 heteroatoms. The molecule has 2 N–H and O–H groups in total. The van der Waals surface area contributed by atoms with Gasteiger partial charge in [0.2, 0.25) is 5.91 Å². The zero-order valence-corrected chi connectivity index (χ0v) is 17.8. The Kier molecular flexibility index (Phi) is 7.28. The van der Waals surface area contributed by atoms with Crippen molar-refractivity contribution in [3.63, 3.8) is 0 Å². The topological polar surface area (TPSA) is 56.7 Å². The van der Waals surface area contributed by atoms with Crippen LogP contribution in [0, 0.1) is 13.8 Å². The highest BCUT2D eigenvalue weighted by Gasteiger charge is 2.20. The molecule has 2 aromatic rings. The molecular weight excluding hydrogens is 360 g/mol. The van der Waals surface area contributed by atoms with Crippen molar-refractivity contribution in [1.82, 2.24) is 15.5 Å². The van der Waals surface area contributed by atoms with Gasteiger partial charge in [-0.1, -0.05) is 48.0 Å². The number of nitrogens with one attached hydrogen (secondary N) is 2. The van der Waals surface area contributed by atoms with Crippen molar-refractivity contribution in [1.29, 1.82) is 0 Å². The summed E-state index contributed by atoms with van der Waals surface area (Å²) in [5.41, 5.74) is 6.18. The number of aryl methyl sites for hydroxylation is 2. The van der Waals surface area contributed by atoms with E-state index in [4.69, 9.17) is 4.99 Å². The van der Waals surface area contributed by atoms with Crippen molar-refractivity contribution in [2.75, 3.05) is 13.1 Å². The molecule has 0 spiro atoms. The first-order valence-corrected chi connectivity index (χ1v) is 10.5. The summed E-state index contributed by atoms with van der Waals surface area (Å²) < 4.78 is 0. The van der Waals surface area contributed by atoms with Gasteiger partial charge in [0, 0.05) is 32.6 Å². The molecule has 5 nitrogen and oxygen atoms in total. The smallest absolute Gasteiger partial charge is 0.222 e. The molecule has 1 heterocycles.